The summed E-state index contributed by atoms with van der Waals surface area (Å²) in [6, 6.07) is 13.3. The van der Waals surface area contributed by atoms with Gasteiger partial charge in [-0.1, -0.05) is 54.6 Å². The Morgan fingerprint density at radius 3 is 2.47 bits per heavy atom. The minimum Gasteiger partial charge on any atom is -0.508 e. The van der Waals surface area contributed by atoms with Crippen molar-refractivity contribution in [3.63, 3.8) is 0 Å². The van der Waals surface area contributed by atoms with E-state index in [2.05, 4.69) is 10.6 Å². The predicted octanol–water partition coefficient (Wildman–Crippen LogP) is 3.85. The summed E-state index contributed by atoms with van der Waals surface area (Å²) in [6.45, 7) is 5.09. The molecule has 2 amide bonds. The quantitative estimate of drug-likeness (QED) is 0.180. The average molecular weight is 802 g/mol. The minimum atomic E-state index is -1.39. The second-order valence-electron chi connectivity index (χ2n) is 17.7. The highest BCUT2D eigenvalue weighted by Gasteiger charge is 2.78. The first-order valence-electron chi connectivity index (χ1n) is 20.7. The van der Waals surface area contributed by atoms with Gasteiger partial charge >= 0.3 is 11.9 Å². The fraction of sp³-hybridized carbons (Fsp3) is 0.591. The monoisotopic (exact) mass is 801 g/mol. The van der Waals surface area contributed by atoms with Gasteiger partial charge in [0.15, 0.2) is 11.8 Å². The number of hydroxylamine groups is 2. The van der Waals surface area contributed by atoms with Gasteiger partial charge in [-0.2, -0.15) is 5.06 Å². The van der Waals surface area contributed by atoms with Crippen LogP contribution in [0.4, 0.5) is 0 Å². The van der Waals surface area contributed by atoms with Crippen LogP contribution < -0.4 is 10.6 Å². The molecule has 3 aliphatic carbocycles. The van der Waals surface area contributed by atoms with Crippen molar-refractivity contribution in [2.45, 2.75) is 133 Å². The molecule has 3 heterocycles. The smallest absolute Gasteiger partial charge is 0.327 e. The maximum atomic E-state index is 14.7. The standard InChI is InChI=1S/C44H55N3O11/c1-42(2,3)55-35(51)19-18-31(25-48)46-34(50)20-21-45-41(53)43-23-33-36-37(57-44(56-36,29-14-15-29)30-16-17-30)39(43)58-47(38(43)40(52)54-33)24-27-10-6-8-26(22-27)9-7-12-28-11-4-5-13-32(28)49/h4-11,13,22,29-31,33,36-39,48-49H,12,14-21,23-25H2,1-3H3,(H,45,53)(H,46,50). The van der Waals surface area contributed by atoms with Gasteiger partial charge in [-0.3, -0.25) is 24.0 Å². The molecule has 6 fully saturated rings. The van der Waals surface area contributed by atoms with Crippen molar-refractivity contribution in [2.75, 3.05) is 13.2 Å². The Bertz CT molecular complexity index is 1910. The van der Waals surface area contributed by atoms with Crippen molar-refractivity contribution < 1.29 is 53.2 Å². The zero-order chi connectivity index (χ0) is 40.8. The van der Waals surface area contributed by atoms with E-state index in [9.17, 15) is 29.4 Å². The largest absolute Gasteiger partial charge is 0.508 e. The number of nitrogens with zero attached hydrogens (tertiary/aromatic N) is 1. The molecule has 3 saturated carbocycles. The molecule has 2 aromatic rings. The molecular formula is C44H55N3O11. The molecule has 14 nitrogen and oxygen atoms in total. The molecule has 312 valence electrons. The zero-order valence-corrected chi connectivity index (χ0v) is 33.4. The lowest BCUT2D eigenvalue weighted by atomic mass is 9.62. The number of phenols is 1. The average Bonchev–Trinajstić information content (AvgIpc) is 4.13. The number of fused-ring (bicyclic) bond motifs is 4. The molecule has 7 atom stereocenters. The number of aliphatic hydroxyl groups excluding tert-OH is 1. The van der Waals surface area contributed by atoms with Gasteiger partial charge in [-0.05, 0) is 82.1 Å². The van der Waals surface area contributed by atoms with E-state index in [1.807, 2.05) is 48.6 Å². The molecule has 2 aromatic carbocycles. The minimum absolute atomic E-state index is 0.0238. The summed E-state index contributed by atoms with van der Waals surface area (Å²) < 4.78 is 25.2. The molecule has 3 aliphatic heterocycles. The van der Waals surface area contributed by atoms with Gasteiger partial charge < -0.3 is 39.8 Å². The van der Waals surface area contributed by atoms with Gasteiger partial charge in [0.1, 0.15) is 41.2 Å². The summed E-state index contributed by atoms with van der Waals surface area (Å²) in [5.74, 6) is -1.90. The number of ether oxygens (including phenoxy) is 4. The summed E-state index contributed by atoms with van der Waals surface area (Å²) >= 11 is 0. The Balaban J connectivity index is 0.984. The zero-order valence-electron chi connectivity index (χ0n) is 33.4. The van der Waals surface area contributed by atoms with Crippen LogP contribution in [0, 0.1) is 17.3 Å². The van der Waals surface area contributed by atoms with Crippen LogP contribution in [0.3, 0.4) is 0 Å². The molecule has 2 bridgehead atoms. The highest BCUT2D eigenvalue weighted by atomic mass is 16.8. The molecule has 0 radical (unpaired) electrons. The van der Waals surface area contributed by atoms with E-state index in [0.717, 1.165) is 42.4 Å². The van der Waals surface area contributed by atoms with Gasteiger partial charge in [0.25, 0.3) is 0 Å². The molecule has 0 spiro atoms. The fourth-order valence-corrected chi connectivity index (χ4v) is 9.29. The van der Waals surface area contributed by atoms with Crippen LogP contribution in [-0.2, 0) is 55.9 Å². The number of aromatic hydroxyl groups is 1. The first kappa shape index (κ1) is 40.4. The lowest BCUT2D eigenvalue weighted by molar-refractivity contribution is -0.235. The number of phenolic OH excluding ortho intramolecular Hbond substituents is 1. The van der Waals surface area contributed by atoms with Crippen LogP contribution >= 0.6 is 0 Å². The Morgan fingerprint density at radius 2 is 1.76 bits per heavy atom. The summed E-state index contributed by atoms with van der Waals surface area (Å²) in [5, 5.41) is 27.3. The summed E-state index contributed by atoms with van der Waals surface area (Å²) in [6.07, 6.45) is 5.93. The van der Waals surface area contributed by atoms with E-state index in [1.54, 1.807) is 38.0 Å². The number of allylic oxidation sites excluding steroid dienone is 1. The number of nitrogens with one attached hydrogen (secondary N) is 2. The highest BCUT2D eigenvalue weighted by Crippen LogP contribution is 2.63. The van der Waals surface area contributed by atoms with E-state index in [0.29, 0.717) is 6.42 Å². The van der Waals surface area contributed by atoms with Gasteiger partial charge in [-0.25, -0.2) is 0 Å². The molecule has 8 rings (SSSR count). The van der Waals surface area contributed by atoms with Crippen molar-refractivity contribution in [3.8, 4) is 5.75 Å². The van der Waals surface area contributed by atoms with E-state index in [4.69, 9.17) is 23.8 Å². The molecule has 6 aliphatic rings. The van der Waals surface area contributed by atoms with Crippen LogP contribution in [0.5, 0.6) is 5.75 Å². The number of aliphatic hydroxyl groups is 1. The van der Waals surface area contributed by atoms with Crippen molar-refractivity contribution in [1.29, 1.82) is 0 Å². The Kier molecular flexibility index (Phi) is 11.2. The molecule has 14 heteroatoms. The first-order chi connectivity index (χ1) is 27.8. The predicted molar refractivity (Wildman–Crippen MR) is 208 cm³/mol. The van der Waals surface area contributed by atoms with E-state index in [1.165, 1.54) is 0 Å². The highest BCUT2D eigenvalue weighted by molar-refractivity contribution is 5.94. The van der Waals surface area contributed by atoms with Crippen LogP contribution in [0.25, 0.3) is 6.08 Å². The number of rotatable bonds is 16. The molecule has 3 saturated heterocycles. The maximum Gasteiger partial charge on any atom is 0.327 e. The molecule has 7 unspecified atom stereocenters. The Hall–Kier alpha value is -4.34. The fourth-order valence-electron chi connectivity index (χ4n) is 9.29. The molecule has 58 heavy (non-hydrogen) atoms. The van der Waals surface area contributed by atoms with Gasteiger partial charge in [0.2, 0.25) is 11.8 Å². The topological polar surface area (TPSA) is 182 Å². The number of para-hydroxylation sites is 1. The summed E-state index contributed by atoms with van der Waals surface area (Å²) in [5.41, 5.74) is 0.549. The van der Waals surface area contributed by atoms with Crippen molar-refractivity contribution >= 4 is 29.8 Å². The number of benzene rings is 2. The molecular weight excluding hydrogens is 746 g/mol. The third-order valence-electron chi connectivity index (χ3n) is 12.2. The number of amides is 2. The van der Waals surface area contributed by atoms with Crippen LogP contribution in [0.2, 0.25) is 0 Å². The van der Waals surface area contributed by atoms with Gasteiger partial charge in [0.05, 0.1) is 19.2 Å². The van der Waals surface area contributed by atoms with Crippen molar-refractivity contribution in [1.82, 2.24) is 15.7 Å². The third-order valence-corrected chi connectivity index (χ3v) is 12.2. The van der Waals surface area contributed by atoms with E-state index in [-0.39, 0.29) is 63.0 Å². The number of carbonyl (C=O) groups excluding carboxylic acids is 4. The number of hydrogen-bond acceptors (Lipinski definition) is 12. The van der Waals surface area contributed by atoms with Crippen molar-refractivity contribution in [3.05, 3.63) is 71.3 Å². The summed E-state index contributed by atoms with van der Waals surface area (Å²) in [7, 11) is 0. The van der Waals surface area contributed by atoms with Crippen molar-refractivity contribution in [2.24, 2.45) is 17.3 Å². The Labute approximate surface area is 338 Å². The van der Waals surface area contributed by atoms with Crippen LogP contribution in [-0.4, -0.2) is 100 Å². The lowest BCUT2D eigenvalue weighted by Gasteiger charge is -2.48. The number of esters is 2. The normalized spacial score (nSPS) is 29.1. The van der Waals surface area contributed by atoms with Gasteiger partial charge in [0, 0.05) is 37.6 Å². The SMILES string of the molecule is CC(C)(C)OC(=O)CCC(CO)NC(=O)CCNC(=O)C12CC3OC(=O)C1N(Cc1cccc(C=CCc4ccccc4O)c1)OC2C1OC(C2CC2)(C2CC2)OC31. The second kappa shape index (κ2) is 16.0. The third kappa shape index (κ3) is 8.14. The van der Waals surface area contributed by atoms with Gasteiger partial charge in [-0.15, -0.1) is 0 Å². The molecule has 4 N–H and O–H groups in total. The van der Waals surface area contributed by atoms with Crippen LogP contribution in [0.1, 0.15) is 88.8 Å². The molecule has 0 aromatic heterocycles. The first-order valence-corrected chi connectivity index (χ1v) is 20.7. The second-order valence-corrected chi connectivity index (χ2v) is 17.7. The number of hydrogen-bond donors (Lipinski definition) is 4. The lowest BCUT2D eigenvalue weighted by Crippen LogP contribution is -2.69. The van der Waals surface area contributed by atoms with Crippen LogP contribution in [0.15, 0.2) is 54.6 Å². The maximum absolute atomic E-state index is 14.7. The van der Waals surface area contributed by atoms with E-state index < -0.39 is 77.1 Å². The Morgan fingerprint density at radius 1 is 1.02 bits per heavy atom. The number of carbonyl (C=O) groups is 4. The summed E-state index contributed by atoms with van der Waals surface area (Å²) in [4.78, 5) is 60.7. The van der Waals surface area contributed by atoms with E-state index >= 15 is 0 Å².